The number of likely N-dealkylation sites (tertiary alicyclic amines) is 1. The lowest BCUT2D eigenvalue weighted by Gasteiger charge is -2.23. The van der Waals surface area contributed by atoms with E-state index in [1.165, 1.54) is 11.0 Å². The van der Waals surface area contributed by atoms with Crippen molar-refractivity contribution in [2.24, 2.45) is 0 Å². The van der Waals surface area contributed by atoms with Crippen LogP contribution in [0.4, 0.5) is 13.2 Å². The number of nitrogens with zero attached hydrogens (tertiary/aromatic N) is 4. The van der Waals surface area contributed by atoms with Crippen LogP contribution in [-0.4, -0.2) is 36.9 Å². The normalized spacial score (nSPS) is 17.0. The highest BCUT2D eigenvalue weighted by molar-refractivity contribution is 5.94. The SMILES string of the molecule is CCc1cc(C(F)(F)F)n2nc(C3CCCN3C(=O)c3cc(C)c(C)[nH]c3=O)cc2n1. The van der Waals surface area contributed by atoms with Crippen molar-refractivity contribution in [3.63, 3.8) is 0 Å². The third-order valence-corrected chi connectivity index (χ3v) is 5.74. The first kappa shape index (κ1) is 21.1. The van der Waals surface area contributed by atoms with E-state index in [2.05, 4.69) is 15.1 Å². The molecule has 3 aromatic rings. The minimum Gasteiger partial charge on any atom is -0.330 e. The van der Waals surface area contributed by atoms with Gasteiger partial charge in [-0.1, -0.05) is 6.92 Å². The van der Waals surface area contributed by atoms with Crippen molar-refractivity contribution in [1.82, 2.24) is 24.5 Å². The van der Waals surface area contributed by atoms with Crippen LogP contribution in [0.5, 0.6) is 0 Å². The number of aromatic nitrogens is 4. The molecule has 4 heterocycles. The predicted molar refractivity (Wildman–Crippen MR) is 107 cm³/mol. The number of amides is 1. The number of carbonyl (C=O) groups is 1. The number of fused-ring (bicyclic) bond motifs is 1. The first-order chi connectivity index (χ1) is 14.6. The largest absolute Gasteiger partial charge is 0.433 e. The number of hydrogen-bond acceptors (Lipinski definition) is 4. The molecule has 0 saturated carbocycles. The number of halogens is 3. The predicted octanol–water partition coefficient (Wildman–Crippen LogP) is 3.59. The summed E-state index contributed by atoms with van der Waals surface area (Å²) >= 11 is 0. The molecule has 7 nitrogen and oxygen atoms in total. The number of H-pyrrole nitrogens is 1. The fourth-order valence-corrected chi connectivity index (χ4v) is 3.95. The van der Waals surface area contributed by atoms with E-state index < -0.39 is 29.4 Å². The maximum atomic E-state index is 13.6. The Balaban J connectivity index is 1.76. The van der Waals surface area contributed by atoms with Gasteiger partial charge in [-0.05, 0) is 50.8 Å². The number of hydrogen-bond donors (Lipinski definition) is 1. The molecule has 1 unspecified atom stereocenters. The Morgan fingerprint density at radius 1 is 1.26 bits per heavy atom. The van der Waals surface area contributed by atoms with Crippen LogP contribution < -0.4 is 5.56 Å². The van der Waals surface area contributed by atoms with Crippen LogP contribution in [-0.2, 0) is 12.6 Å². The third-order valence-electron chi connectivity index (χ3n) is 5.74. The van der Waals surface area contributed by atoms with E-state index in [0.717, 1.165) is 16.1 Å². The van der Waals surface area contributed by atoms with Gasteiger partial charge in [0.1, 0.15) is 11.3 Å². The van der Waals surface area contributed by atoms with E-state index in [1.54, 1.807) is 26.8 Å². The van der Waals surface area contributed by atoms with Crippen molar-refractivity contribution in [2.75, 3.05) is 6.54 Å². The zero-order chi connectivity index (χ0) is 22.5. The van der Waals surface area contributed by atoms with Crippen LogP contribution in [0.15, 0.2) is 23.0 Å². The second kappa shape index (κ2) is 7.51. The summed E-state index contributed by atoms with van der Waals surface area (Å²) < 4.78 is 41.5. The minimum atomic E-state index is -4.59. The first-order valence-electron chi connectivity index (χ1n) is 10.1. The maximum Gasteiger partial charge on any atom is 0.433 e. The summed E-state index contributed by atoms with van der Waals surface area (Å²) in [6, 6.07) is 3.51. The van der Waals surface area contributed by atoms with Gasteiger partial charge in [0.05, 0.1) is 11.7 Å². The lowest BCUT2D eigenvalue weighted by atomic mass is 10.1. The van der Waals surface area contributed by atoms with Crippen molar-refractivity contribution in [3.05, 3.63) is 62.5 Å². The van der Waals surface area contributed by atoms with Gasteiger partial charge in [0.15, 0.2) is 5.65 Å². The molecule has 4 rings (SSSR count). The fraction of sp³-hybridized carbons (Fsp3) is 0.429. The van der Waals surface area contributed by atoms with Gasteiger partial charge < -0.3 is 9.88 Å². The summed E-state index contributed by atoms with van der Waals surface area (Å²) in [5.74, 6) is -0.456. The van der Waals surface area contributed by atoms with E-state index in [-0.39, 0.29) is 11.2 Å². The molecule has 1 atom stereocenters. The van der Waals surface area contributed by atoms with Crippen LogP contribution in [0, 0.1) is 13.8 Å². The highest BCUT2D eigenvalue weighted by atomic mass is 19.4. The molecule has 1 fully saturated rings. The van der Waals surface area contributed by atoms with Crippen molar-refractivity contribution in [3.8, 4) is 0 Å². The van der Waals surface area contributed by atoms with Gasteiger partial charge in [-0.3, -0.25) is 9.59 Å². The van der Waals surface area contributed by atoms with Gasteiger partial charge >= 0.3 is 6.18 Å². The molecule has 1 N–H and O–H groups in total. The van der Waals surface area contributed by atoms with Gasteiger partial charge in [0, 0.05) is 24.0 Å². The number of alkyl halides is 3. The van der Waals surface area contributed by atoms with E-state index >= 15 is 0 Å². The second-order valence-electron chi connectivity index (χ2n) is 7.80. The van der Waals surface area contributed by atoms with Crippen molar-refractivity contribution >= 4 is 11.6 Å². The van der Waals surface area contributed by atoms with Gasteiger partial charge in [-0.2, -0.15) is 18.3 Å². The van der Waals surface area contributed by atoms with Crippen molar-refractivity contribution in [1.29, 1.82) is 0 Å². The Morgan fingerprint density at radius 3 is 2.68 bits per heavy atom. The van der Waals surface area contributed by atoms with Gasteiger partial charge in [0.25, 0.3) is 11.5 Å². The van der Waals surface area contributed by atoms with Crippen LogP contribution in [0.2, 0.25) is 0 Å². The monoisotopic (exact) mass is 433 g/mol. The second-order valence-corrected chi connectivity index (χ2v) is 7.80. The summed E-state index contributed by atoms with van der Waals surface area (Å²) in [5.41, 5.74) is 0.815. The number of nitrogens with one attached hydrogen (secondary N) is 1. The average Bonchev–Trinajstić information content (AvgIpc) is 3.35. The molecule has 1 aliphatic heterocycles. The van der Waals surface area contributed by atoms with Crippen LogP contribution >= 0.6 is 0 Å². The zero-order valence-corrected chi connectivity index (χ0v) is 17.4. The average molecular weight is 433 g/mol. The molecule has 0 aliphatic carbocycles. The summed E-state index contributed by atoms with van der Waals surface area (Å²) in [5, 5.41) is 4.17. The molecule has 31 heavy (non-hydrogen) atoms. The van der Waals surface area contributed by atoms with Crippen LogP contribution in [0.25, 0.3) is 5.65 Å². The topological polar surface area (TPSA) is 83.4 Å². The lowest BCUT2D eigenvalue weighted by Crippen LogP contribution is -2.35. The maximum absolute atomic E-state index is 13.6. The zero-order valence-electron chi connectivity index (χ0n) is 17.4. The molecule has 0 radical (unpaired) electrons. The van der Waals surface area contributed by atoms with Crippen molar-refractivity contribution < 1.29 is 18.0 Å². The Bertz CT molecular complexity index is 1230. The first-order valence-corrected chi connectivity index (χ1v) is 10.1. The highest BCUT2D eigenvalue weighted by Crippen LogP contribution is 2.35. The summed E-state index contributed by atoms with van der Waals surface area (Å²) in [4.78, 5) is 33.9. The molecule has 0 bridgehead atoms. The number of carbonyl (C=O) groups excluding carboxylic acids is 1. The Hall–Kier alpha value is -3.17. The quantitative estimate of drug-likeness (QED) is 0.684. The molecule has 164 valence electrons. The Labute approximate surface area is 175 Å². The van der Waals surface area contributed by atoms with Gasteiger partial charge in [-0.15, -0.1) is 0 Å². The molecule has 0 spiro atoms. The number of pyridine rings is 1. The van der Waals surface area contributed by atoms with Crippen molar-refractivity contribution in [2.45, 2.75) is 52.3 Å². The molecule has 3 aromatic heterocycles. The lowest BCUT2D eigenvalue weighted by molar-refractivity contribution is -0.142. The molecule has 10 heteroatoms. The summed E-state index contributed by atoms with van der Waals surface area (Å²) in [6.07, 6.45) is -3.04. The summed E-state index contributed by atoms with van der Waals surface area (Å²) in [6.45, 7) is 5.66. The number of rotatable bonds is 3. The van der Waals surface area contributed by atoms with E-state index in [0.29, 0.717) is 42.9 Å². The smallest absolute Gasteiger partial charge is 0.330 e. The molecule has 0 aromatic carbocycles. The summed E-state index contributed by atoms with van der Waals surface area (Å²) in [7, 11) is 0. The standard InChI is InChI=1S/C21H22F3N5O2/c1-4-13-9-17(21(22,23)24)29-18(26-13)10-15(27-29)16-6-5-7-28(16)20(31)14-8-11(2)12(3)25-19(14)30/h8-10,16H,4-7H2,1-3H3,(H,25,30). The van der Waals surface area contributed by atoms with Crippen LogP contribution in [0.3, 0.4) is 0 Å². The van der Waals surface area contributed by atoms with Crippen LogP contribution in [0.1, 0.15) is 64.5 Å². The number of aryl methyl sites for hydroxylation is 3. The van der Waals surface area contributed by atoms with Gasteiger partial charge in [0.2, 0.25) is 0 Å². The Kier molecular flexibility index (Phi) is 5.10. The van der Waals surface area contributed by atoms with E-state index in [1.807, 2.05) is 0 Å². The molecular formula is C21H22F3N5O2. The minimum absolute atomic E-state index is 0.0149. The molecule has 1 saturated heterocycles. The van der Waals surface area contributed by atoms with E-state index in [4.69, 9.17) is 0 Å². The molecular weight excluding hydrogens is 411 g/mol. The number of aromatic amines is 1. The molecule has 1 aliphatic rings. The highest BCUT2D eigenvalue weighted by Gasteiger charge is 2.37. The van der Waals surface area contributed by atoms with Gasteiger partial charge in [-0.25, -0.2) is 9.50 Å². The third kappa shape index (κ3) is 3.70. The molecule has 1 amide bonds. The Morgan fingerprint density at radius 2 is 2.00 bits per heavy atom. The van der Waals surface area contributed by atoms with E-state index in [9.17, 15) is 22.8 Å². The fourth-order valence-electron chi connectivity index (χ4n) is 3.95.